The lowest BCUT2D eigenvalue weighted by Gasteiger charge is -2.18. The summed E-state index contributed by atoms with van der Waals surface area (Å²) in [5.41, 5.74) is 0.991. The van der Waals surface area contributed by atoms with E-state index < -0.39 is 0 Å². The van der Waals surface area contributed by atoms with E-state index in [1.54, 1.807) is 10.6 Å². The van der Waals surface area contributed by atoms with Gasteiger partial charge in [-0.2, -0.15) is 0 Å². The minimum Gasteiger partial charge on any atom is -0.297 e. The molecule has 0 amide bonds. The second-order valence-corrected chi connectivity index (χ2v) is 4.90. The number of rotatable bonds is 0. The summed E-state index contributed by atoms with van der Waals surface area (Å²) in [5.74, 6) is 0.961. The molecule has 76 valence electrons. The predicted octanol–water partition coefficient (Wildman–Crippen LogP) is 1.49. The molecule has 1 aromatic rings. The van der Waals surface area contributed by atoms with E-state index in [-0.39, 0.29) is 11.0 Å². The molecule has 2 heterocycles. The van der Waals surface area contributed by atoms with Gasteiger partial charge in [0.2, 0.25) is 0 Å². The van der Waals surface area contributed by atoms with Gasteiger partial charge in [-0.15, -0.1) is 0 Å². The first-order chi connectivity index (χ1) is 6.48. The van der Waals surface area contributed by atoms with Crippen LogP contribution < -0.4 is 5.56 Å². The molecule has 0 radical (unpaired) electrons. The molecule has 1 aliphatic heterocycles. The Hall–Kier alpha value is -1.12. The van der Waals surface area contributed by atoms with Crippen molar-refractivity contribution in [2.24, 2.45) is 0 Å². The standard InChI is InChI=1S/C11H16N2O/c1-11(2,3)8-7-10(14)13-6-4-5-9(13)12-8/h7H,4-6H2,1-3H3. The maximum Gasteiger partial charge on any atom is 0.253 e. The summed E-state index contributed by atoms with van der Waals surface area (Å²) < 4.78 is 1.79. The normalized spacial score (nSPS) is 15.6. The maximum absolute atomic E-state index is 11.7. The van der Waals surface area contributed by atoms with Gasteiger partial charge >= 0.3 is 0 Å². The Morgan fingerprint density at radius 1 is 1.43 bits per heavy atom. The van der Waals surface area contributed by atoms with Gasteiger partial charge in [-0.25, -0.2) is 4.98 Å². The zero-order valence-electron chi connectivity index (χ0n) is 9.00. The van der Waals surface area contributed by atoms with Gasteiger partial charge < -0.3 is 0 Å². The zero-order valence-corrected chi connectivity index (χ0v) is 9.00. The van der Waals surface area contributed by atoms with E-state index in [2.05, 4.69) is 25.8 Å². The Balaban J connectivity index is 2.58. The lowest BCUT2D eigenvalue weighted by Crippen LogP contribution is -2.25. The van der Waals surface area contributed by atoms with Crippen molar-refractivity contribution >= 4 is 0 Å². The molecule has 0 fully saturated rings. The van der Waals surface area contributed by atoms with Gasteiger partial charge in [0, 0.05) is 24.4 Å². The molecular formula is C11H16N2O. The highest BCUT2D eigenvalue weighted by molar-refractivity contribution is 5.14. The topological polar surface area (TPSA) is 34.9 Å². The van der Waals surface area contributed by atoms with E-state index in [1.807, 2.05) is 0 Å². The molecule has 3 heteroatoms. The number of hydrogen-bond acceptors (Lipinski definition) is 2. The molecule has 0 aliphatic carbocycles. The summed E-state index contributed by atoms with van der Waals surface area (Å²) in [7, 11) is 0. The first-order valence-electron chi connectivity index (χ1n) is 5.10. The number of aryl methyl sites for hydroxylation is 1. The minimum atomic E-state index is -0.0304. The van der Waals surface area contributed by atoms with Gasteiger partial charge in [-0.1, -0.05) is 20.8 Å². The first-order valence-corrected chi connectivity index (χ1v) is 5.10. The van der Waals surface area contributed by atoms with Crippen LogP contribution in [0.2, 0.25) is 0 Å². The van der Waals surface area contributed by atoms with Crippen molar-refractivity contribution in [3.05, 3.63) is 27.9 Å². The lowest BCUT2D eigenvalue weighted by atomic mass is 9.92. The summed E-state index contributed by atoms with van der Waals surface area (Å²) in [4.78, 5) is 16.2. The third-order valence-electron chi connectivity index (χ3n) is 2.64. The molecule has 0 unspecified atom stereocenters. The average Bonchev–Trinajstić information content (AvgIpc) is 2.50. The Bertz CT molecular complexity index is 412. The fraction of sp³-hybridized carbons (Fsp3) is 0.636. The SMILES string of the molecule is CC(C)(C)c1cc(=O)n2c(n1)CCC2. The van der Waals surface area contributed by atoms with Crippen molar-refractivity contribution in [2.45, 2.75) is 45.6 Å². The molecule has 3 nitrogen and oxygen atoms in total. The second-order valence-electron chi connectivity index (χ2n) is 4.90. The van der Waals surface area contributed by atoms with Crippen LogP contribution in [0.15, 0.2) is 10.9 Å². The van der Waals surface area contributed by atoms with Gasteiger partial charge in [0.1, 0.15) is 5.82 Å². The van der Waals surface area contributed by atoms with Crippen LogP contribution in [0.25, 0.3) is 0 Å². The second kappa shape index (κ2) is 2.94. The Morgan fingerprint density at radius 3 is 2.79 bits per heavy atom. The number of fused-ring (bicyclic) bond motifs is 1. The van der Waals surface area contributed by atoms with Crippen LogP contribution in [0.5, 0.6) is 0 Å². The van der Waals surface area contributed by atoms with Crippen LogP contribution in [0.4, 0.5) is 0 Å². The van der Waals surface area contributed by atoms with E-state index in [4.69, 9.17) is 0 Å². The van der Waals surface area contributed by atoms with Crippen LogP contribution in [0.1, 0.15) is 38.7 Å². The van der Waals surface area contributed by atoms with Crippen molar-refractivity contribution in [1.29, 1.82) is 0 Å². The van der Waals surface area contributed by atoms with E-state index >= 15 is 0 Å². The minimum absolute atomic E-state index is 0.0304. The first kappa shape index (κ1) is 9.44. The van der Waals surface area contributed by atoms with E-state index in [0.717, 1.165) is 30.9 Å². The molecule has 0 atom stereocenters. The predicted molar refractivity (Wildman–Crippen MR) is 55.5 cm³/mol. The van der Waals surface area contributed by atoms with Gasteiger partial charge in [-0.3, -0.25) is 9.36 Å². The van der Waals surface area contributed by atoms with Gasteiger partial charge in [0.15, 0.2) is 0 Å². The largest absolute Gasteiger partial charge is 0.297 e. The van der Waals surface area contributed by atoms with Crippen molar-refractivity contribution in [3.63, 3.8) is 0 Å². The van der Waals surface area contributed by atoms with Crippen LogP contribution in [-0.4, -0.2) is 9.55 Å². The monoisotopic (exact) mass is 192 g/mol. The van der Waals surface area contributed by atoms with E-state index in [9.17, 15) is 4.79 Å². The van der Waals surface area contributed by atoms with Gasteiger partial charge in [0.05, 0.1) is 5.69 Å². The molecule has 0 bridgehead atoms. The van der Waals surface area contributed by atoms with Crippen molar-refractivity contribution in [1.82, 2.24) is 9.55 Å². The molecular weight excluding hydrogens is 176 g/mol. The molecule has 1 aromatic heterocycles. The fourth-order valence-corrected chi connectivity index (χ4v) is 1.76. The Labute approximate surface area is 83.8 Å². The summed E-state index contributed by atoms with van der Waals surface area (Å²) in [6.07, 6.45) is 2.00. The smallest absolute Gasteiger partial charge is 0.253 e. The van der Waals surface area contributed by atoms with Crippen LogP contribution in [-0.2, 0) is 18.4 Å². The average molecular weight is 192 g/mol. The van der Waals surface area contributed by atoms with Gasteiger partial charge in [-0.05, 0) is 6.42 Å². The molecule has 0 aromatic carbocycles. The van der Waals surface area contributed by atoms with Crippen LogP contribution >= 0.6 is 0 Å². The molecule has 0 spiro atoms. The highest BCUT2D eigenvalue weighted by Crippen LogP contribution is 2.20. The van der Waals surface area contributed by atoms with Crippen LogP contribution in [0.3, 0.4) is 0 Å². The summed E-state index contributed by atoms with van der Waals surface area (Å²) in [6.45, 7) is 7.09. The maximum atomic E-state index is 11.7. The third-order valence-corrected chi connectivity index (χ3v) is 2.64. The Morgan fingerprint density at radius 2 is 2.14 bits per heavy atom. The molecule has 0 saturated carbocycles. The highest BCUT2D eigenvalue weighted by Gasteiger charge is 2.20. The quantitative estimate of drug-likeness (QED) is 0.624. The molecule has 0 saturated heterocycles. The molecule has 2 rings (SSSR count). The summed E-state index contributed by atoms with van der Waals surface area (Å²) >= 11 is 0. The zero-order chi connectivity index (χ0) is 10.3. The van der Waals surface area contributed by atoms with Crippen molar-refractivity contribution in [3.8, 4) is 0 Å². The van der Waals surface area contributed by atoms with E-state index in [1.165, 1.54) is 0 Å². The fourth-order valence-electron chi connectivity index (χ4n) is 1.76. The summed E-state index contributed by atoms with van der Waals surface area (Å²) in [6, 6.07) is 1.68. The third kappa shape index (κ3) is 1.47. The van der Waals surface area contributed by atoms with Gasteiger partial charge in [0.25, 0.3) is 5.56 Å². The van der Waals surface area contributed by atoms with Crippen molar-refractivity contribution in [2.75, 3.05) is 0 Å². The summed E-state index contributed by atoms with van der Waals surface area (Å²) in [5, 5.41) is 0. The molecule has 0 N–H and O–H groups in total. The molecule has 1 aliphatic rings. The van der Waals surface area contributed by atoms with Crippen molar-refractivity contribution < 1.29 is 0 Å². The Kier molecular flexibility index (Phi) is 1.98. The lowest BCUT2D eigenvalue weighted by molar-refractivity contribution is 0.555. The van der Waals surface area contributed by atoms with E-state index in [0.29, 0.717) is 0 Å². The number of aromatic nitrogens is 2. The number of nitrogens with zero attached hydrogens (tertiary/aromatic N) is 2. The van der Waals surface area contributed by atoms with Crippen LogP contribution in [0, 0.1) is 0 Å². The highest BCUT2D eigenvalue weighted by atomic mass is 16.1. The number of hydrogen-bond donors (Lipinski definition) is 0. The molecule has 14 heavy (non-hydrogen) atoms.